The van der Waals surface area contributed by atoms with E-state index in [-0.39, 0.29) is 18.3 Å². The van der Waals surface area contributed by atoms with Crippen molar-refractivity contribution in [3.8, 4) is 0 Å². The number of para-hydroxylation sites is 1. The third-order valence-corrected chi connectivity index (χ3v) is 3.12. The molecule has 0 spiro atoms. The maximum Gasteiger partial charge on any atom is 0.327 e. The molecule has 110 valence electrons. The highest BCUT2D eigenvalue weighted by molar-refractivity contribution is 5.62. The summed E-state index contributed by atoms with van der Waals surface area (Å²) < 4.78 is 13.6. The third kappa shape index (κ3) is 3.55. The van der Waals surface area contributed by atoms with Crippen molar-refractivity contribution in [3.63, 3.8) is 0 Å². The molecular formula is C15H15FN2O3. The molecule has 2 rings (SSSR count). The van der Waals surface area contributed by atoms with Gasteiger partial charge in [-0.05, 0) is 24.1 Å². The number of halogens is 1. The minimum absolute atomic E-state index is 0.0876. The molecule has 2 N–H and O–H groups in total. The fraction of sp³-hybridized carbons (Fsp3) is 0.200. The van der Waals surface area contributed by atoms with E-state index < -0.39 is 16.4 Å². The van der Waals surface area contributed by atoms with E-state index in [0.717, 1.165) is 11.6 Å². The zero-order valence-electron chi connectivity index (χ0n) is 11.2. The van der Waals surface area contributed by atoms with Gasteiger partial charge in [-0.25, -0.2) is 0 Å². The monoisotopic (exact) mass is 290 g/mol. The number of nitro benzene ring substituents is 1. The Hall–Kier alpha value is -2.47. The molecule has 0 saturated carbocycles. The van der Waals surface area contributed by atoms with Crippen molar-refractivity contribution in [2.24, 2.45) is 0 Å². The van der Waals surface area contributed by atoms with Crippen LogP contribution in [0.2, 0.25) is 0 Å². The molecule has 2 aromatic carbocycles. The lowest BCUT2D eigenvalue weighted by atomic mass is 10.0. The highest BCUT2D eigenvalue weighted by atomic mass is 19.1. The Morgan fingerprint density at radius 2 is 1.90 bits per heavy atom. The van der Waals surface area contributed by atoms with E-state index in [1.807, 2.05) is 30.3 Å². The van der Waals surface area contributed by atoms with E-state index in [1.54, 1.807) is 0 Å². The van der Waals surface area contributed by atoms with Crippen LogP contribution in [0.5, 0.6) is 0 Å². The lowest BCUT2D eigenvalue weighted by molar-refractivity contribution is -0.386. The smallest absolute Gasteiger partial charge is 0.327 e. The van der Waals surface area contributed by atoms with E-state index in [4.69, 9.17) is 5.11 Å². The fourth-order valence-corrected chi connectivity index (χ4v) is 2.14. The highest BCUT2D eigenvalue weighted by Gasteiger charge is 2.22. The lowest BCUT2D eigenvalue weighted by Crippen LogP contribution is -2.14. The van der Waals surface area contributed by atoms with Gasteiger partial charge in [0, 0.05) is 6.61 Å². The molecule has 0 radical (unpaired) electrons. The number of rotatable bonds is 6. The summed E-state index contributed by atoms with van der Waals surface area (Å²) in [7, 11) is 0. The third-order valence-electron chi connectivity index (χ3n) is 3.12. The molecule has 2 aromatic rings. The Bertz CT molecular complexity index is 620. The van der Waals surface area contributed by atoms with Crippen molar-refractivity contribution >= 4 is 11.4 Å². The first-order valence-corrected chi connectivity index (χ1v) is 6.48. The van der Waals surface area contributed by atoms with Gasteiger partial charge in [0.2, 0.25) is 5.82 Å². The number of anilines is 1. The number of nitrogens with zero attached hydrogens (tertiary/aromatic N) is 1. The lowest BCUT2D eigenvalue weighted by Gasteiger charge is -2.19. The van der Waals surface area contributed by atoms with Gasteiger partial charge in [0.15, 0.2) is 0 Å². The standard InChI is InChI=1S/C15H15FN2O3/c16-12-7-4-8-14(15(12)18(20)21)17-13(9-10-19)11-5-2-1-3-6-11/h1-8,13,17,19H,9-10H2/t13-/m1/s1. The zero-order chi connectivity index (χ0) is 15.2. The van der Waals surface area contributed by atoms with Crippen LogP contribution >= 0.6 is 0 Å². The Morgan fingerprint density at radius 3 is 2.52 bits per heavy atom. The topological polar surface area (TPSA) is 75.4 Å². The number of hydrogen-bond acceptors (Lipinski definition) is 4. The van der Waals surface area contributed by atoms with Crippen molar-refractivity contribution in [1.82, 2.24) is 0 Å². The molecule has 5 nitrogen and oxygen atoms in total. The number of nitro groups is 1. The maximum absolute atomic E-state index is 13.6. The second kappa shape index (κ2) is 6.81. The zero-order valence-corrected chi connectivity index (χ0v) is 11.2. The number of benzene rings is 2. The van der Waals surface area contributed by atoms with Gasteiger partial charge in [-0.2, -0.15) is 4.39 Å². The summed E-state index contributed by atoms with van der Waals surface area (Å²) in [5, 5.41) is 23.1. The van der Waals surface area contributed by atoms with E-state index in [0.29, 0.717) is 6.42 Å². The van der Waals surface area contributed by atoms with Crippen LogP contribution in [0.4, 0.5) is 15.8 Å². The molecule has 0 heterocycles. The van der Waals surface area contributed by atoms with Crippen molar-refractivity contribution < 1.29 is 14.4 Å². The van der Waals surface area contributed by atoms with Crippen LogP contribution in [0.3, 0.4) is 0 Å². The number of nitrogens with one attached hydrogen (secondary N) is 1. The predicted molar refractivity (Wildman–Crippen MR) is 77.6 cm³/mol. The van der Waals surface area contributed by atoms with Crippen LogP contribution in [0.1, 0.15) is 18.0 Å². The van der Waals surface area contributed by atoms with E-state index in [1.165, 1.54) is 12.1 Å². The van der Waals surface area contributed by atoms with Crippen molar-refractivity contribution in [3.05, 3.63) is 70.0 Å². The Morgan fingerprint density at radius 1 is 1.19 bits per heavy atom. The van der Waals surface area contributed by atoms with Crippen molar-refractivity contribution in [2.75, 3.05) is 11.9 Å². The molecule has 0 aliphatic carbocycles. The number of aliphatic hydroxyl groups excluding tert-OH is 1. The second-order valence-electron chi connectivity index (χ2n) is 4.51. The van der Waals surface area contributed by atoms with Gasteiger partial charge in [0.05, 0.1) is 11.0 Å². The molecule has 0 aromatic heterocycles. The largest absolute Gasteiger partial charge is 0.396 e. The fourth-order valence-electron chi connectivity index (χ4n) is 2.14. The van der Waals surface area contributed by atoms with E-state index in [9.17, 15) is 14.5 Å². The van der Waals surface area contributed by atoms with Gasteiger partial charge in [-0.15, -0.1) is 0 Å². The molecule has 0 aliphatic rings. The SMILES string of the molecule is O=[N+]([O-])c1c(F)cccc1N[C@H](CCO)c1ccccc1. The molecule has 0 bridgehead atoms. The summed E-state index contributed by atoms with van der Waals surface area (Å²) in [6, 6.07) is 12.8. The van der Waals surface area contributed by atoms with Crippen LogP contribution in [-0.4, -0.2) is 16.6 Å². The summed E-state index contributed by atoms with van der Waals surface area (Å²) in [4.78, 5) is 10.2. The van der Waals surface area contributed by atoms with Gasteiger partial charge < -0.3 is 10.4 Å². The maximum atomic E-state index is 13.6. The minimum Gasteiger partial charge on any atom is -0.396 e. The molecule has 0 fully saturated rings. The van der Waals surface area contributed by atoms with Gasteiger partial charge in [-0.1, -0.05) is 36.4 Å². The molecule has 21 heavy (non-hydrogen) atoms. The van der Waals surface area contributed by atoms with E-state index in [2.05, 4.69) is 5.32 Å². The van der Waals surface area contributed by atoms with Crippen LogP contribution in [0.15, 0.2) is 48.5 Å². The quantitative estimate of drug-likeness (QED) is 0.632. The Labute approximate surface area is 121 Å². The summed E-state index contributed by atoms with van der Waals surface area (Å²) in [6.07, 6.45) is 0.359. The number of hydrogen-bond donors (Lipinski definition) is 2. The van der Waals surface area contributed by atoms with Crippen LogP contribution in [-0.2, 0) is 0 Å². The average molecular weight is 290 g/mol. The molecule has 0 unspecified atom stereocenters. The molecule has 0 saturated heterocycles. The van der Waals surface area contributed by atoms with Crippen molar-refractivity contribution in [1.29, 1.82) is 0 Å². The number of aliphatic hydroxyl groups is 1. The van der Waals surface area contributed by atoms with Crippen LogP contribution in [0.25, 0.3) is 0 Å². The van der Waals surface area contributed by atoms with Crippen LogP contribution in [0, 0.1) is 15.9 Å². The predicted octanol–water partition coefficient (Wildman–Crippen LogP) is 3.27. The summed E-state index contributed by atoms with van der Waals surface area (Å²) in [5.41, 5.74) is 0.379. The Balaban J connectivity index is 2.34. The summed E-state index contributed by atoms with van der Waals surface area (Å²) >= 11 is 0. The summed E-state index contributed by atoms with van der Waals surface area (Å²) in [6.45, 7) is -0.0876. The van der Waals surface area contributed by atoms with Crippen LogP contribution < -0.4 is 5.32 Å². The van der Waals surface area contributed by atoms with Gasteiger partial charge in [0.25, 0.3) is 0 Å². The van der Waals surface area contributed by atoms with E-state index >= 15 is 0 Å². The molecular weight excluding hydrogens is 275 g/mol. The summed E-state index contributed by atoms with van der Waals surface area (Å²) in [5.74, 6) is -0.888. The van der Waals surface area contributed by atoms with Gasteiger partial charge in [0.1, 0.15) is 5.69 Å². The molecule has 0 amide bonds. The molecule has 6 heteroatoms. The first kappa shape index (κ1) is 14.9. The first-order valence-electron chi connectivity index (χ1n) is 6.48. The van der Waals surface area contributed by atoms with Gasteiger partial charge >= 0.3 is 5.69 Å². The molecule has 0 aliphatic heterocycles. The molecule has 1 atom stereocenters. The average Bonchev–Trinajstić information content (AvgIpc) is 2.47. The Kier molecular flexibility index (Phi) is 4.84. The second-order valence-corrected chi connectivity index (χ2v) is 4.51. The normalized spacial score (nSPS) is 11.9. The van der Waals surface area contributed by atoms with Gasteiger partial charge in [-0.3, -0.25) is 10.1 Å². The van der Waals surface area contributed by atoms with Crippen molar-refractivity contribution in [2.45, 2.75) is 12.5 Å². The first-order chi connectivity index (χ1) is 10.1. The highest BCUT2D eigenvalue weighted by Crippen LogP contribution is 2.31. The minimum atomic E-state index is -0.888.